The summed E-state index contributed by atoms with van der Waals surface area (Å²) in [4.78, 5) is 25.7. The molecule has 2 aromatic carbocycles. The Morgan fingerprint density at radius 1 is 1.00 bits per heavy atom. The molecular formula is C22H23F3N2O3. The summed E-state index contributed by atoms with van der Waals surface area (Å²) >= 11 is 0. The van der Waals surface area contributed by atoms with E-state index in [9.17, 15) is 27.9 Å². The topological polar surface area (TPSA) is 69.6 Å². The second kappa shape index (κ2) is 8.77. The minimum Gasteiger partial charge on any atom is -0.465 e. The van der Waals surface area contributed by atoms with Crippen molar-refractivity contribution in [2.75, 3.05) is 13.1 Å². The van der Waals surface area contributed by atoms with Gasteiger partial charge in [0.2, 0.25) is 5.91 Å². The summed E-state index contributed by atoms with van der Waals surface area (Å²) in [6.07, 6.45) is -4.33. The van der Waals surface area contributed by atoms with Crippen molar-refractivity contribution in [3.8, 4) is 0 Å². The fraction of sp³-hybridized carbons (Fsp3) is 0.364. The molecule has 30 heavy (non-hydrogen) atoms. The Kier molecular flexibility index (Phi) is 6.34. The highest BCUT2D eigenvalue weighted by Gasteiger charge is 2.42. The van der Waals surface area contributed by atoms with Crippen LogP contribution >= 0.6 is 0 Å². The molecule has 0 saturated carbocycles. The van der Waals surface area contributed by atoms with Crippen molar-refractivity contribution in [1.82, 2.24) is 10.2 Å². The number of amides is 2. The third-order valence-electron chi connectivity index (χ3n) is 5.57. The van der Waals surface area contributed by atoms with Gasteiger partial charge in [-0.05, 0) is 42.5 Å². The Morgan fingerprint density at radius 2 is 1.63 bits per heavy atom. The molecule has 1 aliphatic rings. The highest BCUT2D eigenvalue weighted by molar-refractivity contribution is 5.83. The number of benzene rings is 2. The normalized spacial score (nSPS) is 16.2. The summed E-state index contributed by atoms with van der Waals surface area (Å²) < 4.78 is 38.8. The molecule has 3 rings (SSSR count). The average molecular weight is 420 g/mol. The van der Waals surface area contributed by atoms with Crippen LogP contribution in [0.15, 0.2) is 54.6 Å². The summed E-state index contributed by atoms with van der Waals surface area (Å²) in [5.74, 6) is -0.270. The van der Waals surface area contributed by atoms with E-state index in [-0.39, 0.29) is 25.5 Å². The Labute approximate surface area is 172 Å². The van der Waals surface area contributed by atoms with Crippen LogP contribution in [0.4, 0.5) is 18.0 Å². The van der Waals surface area contributed by atoms with E-state index >= 15 is 0 Å². The van der Waals surface area contributed by atoms with Gasteiger partial charge in [0.1, 0.15) is 0 Å². The van der Waals surface area contributed by atoms with Gasteiger partial charge in [-0.15, -0.1) is 0 Å². The van der Waals surface area contributed by atoms with Gasteiger partial charge in [-0.1, -0.05) is 42.5 Å². The molecule has 1 heterocycles. The number of hydrogen-bond acceptors (Lipinski definition) is 2. The van der Waals surface area contributed by atoms with E-state index in [2.05, 4.69) is 5.32 Å². The maximum Gasteiger partial charge on any atom is 0.416 e. The molecule has 2 aromatic rings. The third kappa shape index (κ3) is 5.11. The van der Waals surface area contributed by atoms with Crippen molar-refractivity contribution in [1.29, 1.82) is 0 Å². The van der Waals surface area contributed by atoms with Crippen LogP contribution in [0.25, 0.3) is 0 Å². The monoisotopic (exact) mass is 420 g/mol. The number of nitrogens with one attached hydrogen (secondary N) is 1. The second-order valence-corrected chi connectivity index (χ2v) is 7.59. The van der Waals surface area contributed by atoms with Gasteiger partial charge in [-0.2, -0.15) is 13.2 Å². The fourth-order valence-electron chi connectivity index (χ4n) is 3.82. The molecule has 2 amide bonds. The molecule has 2 N–H and O–H groups in total. The van der Waals surface area contributed by atoms with Gasteiger partial charge in [0.15, 0.2) is 0 Å². The number of alkyl halides is 3. The molecule has 0 spiro atoms. The number of carbonyl (C=O) groups excluding carboxylic acids is 1. The van der Waals surface area contributed by atoms with Crippen LogP contribution in [-0.2, 0) is 23.9 Å². The number of halogens is 3. The van der Waals surface area contributed by atoms with E-state index in [0.717, 1.165) is 17.7 Å². The highest BCUT2D eigenvalue weighted by atomic mass is 19.4. The fourth-order valence-corrected chi connectivity index (χ4v) is 3.82. The van der Waals surface area contributed by atoms with Gasteiger partial charge in [0.25, 0.3) is 0 Å². The maximum absolute atomic E-state index is 13.2. The van der Waals surface area contributed by atoms with Crippen molar-refractivity contribution in [3.05, 3.63) is 71.3 Å². The van der Waals surface area contributed by atoms with Crippen LogP contribution in [0.1, 0.15) is 29.5 Å². The molecule has 160 valence electrons. The molecule has 0 aromatic heterocycles. The summed E-state index contributed by atoms with van der Waals surface area (Å²) in [6, 6.07) is 14.3. The van der Waals surface area contributed by atoms with Crippen molar-refractivity contribution in [2.45, 2.75) is 32.0 Å². The lowest BCUT2D eigenvalue weighted by Gasteiger charge is -2.40. The summed E-state index contributed by atoms with van der Waals surface area (Å²) in [5.41, 5.74) is -0.260. The first-order valence-electron chi connectivity index (χ1n) is 9.66. The molecule has 8 heteroatoms. The number of piperidine rings is 1. The van der Waals surface area contributed by atoms with Crippen LogP contribution < -0.4 is 5.32 Å². The number of rotatable bonds is 5. The highest BCUT2D eigenvalue weighted by Crippen LogP contribution is 2.36. The first-order chi connectivity index (χ1) is 14.2. The van der Waals surface area contributed by atoms with Gasteiger partial charge >= 0.3 is 12.3 Å². The molecular weight excluding hydrogens is 397 g/mol. The number of hydrogen-bond donors (Lipinski definition) is 2. The van der Waals surface area contributed by atoms with Gasteiger partial charge in [-0.3, -0.25) is 4.79 Å². The molecule has 1 saturated heterocycles. The molecule has 1 fully saturated rings. The van der Waals surface area contributed by atoms with Gasteiger partial charge in [-0.25, -0.2) is 4.79 Å². The molecule has 0 atom stereocenters. The molecule has 1 aliphatic heterocycles. The molecule has 0 bridgehead atoms. The van der Waals surface area contributed by atoms with Gasteiger partial charge < -0.3 is 15.3 Å². The molecule has 0 aliphatic carbocycles. The van der Waals surface area contributed by atoms with Crippen LogP contribution in [0.5, 0.6) is 0 Å². The molecule has 0 radical (unpaired) electrons. The van der Waals surface area contributed by atoms with Crippen LogP contribution in [0.3, 0.4) is 0 Å². The minimum atomic E-state index is -4.45. The first-order valence-corrected chi connectivity index (χ1v) is 9.66. The lowest BCUT2D eigenvalue weighted by Crippen LogP contribution is -2.51. The third-order valence-corrected chi connectivity index (χ3v) is 5.57. The Hall–Kier alpha value is -3.03. The second-order valence-electron chi connectivity index (χ2n) is 7.59. The Bertz CT molecular complexity index is 892. The predicted octanol–water partition coefficient (Wildman–Crippen LogP) is 4.32. The van der Waals surface area contributed by atoms with E-state index in [0.29, 0.717) is 24.8 Å². The average Bonchev–Trinajstić information content (AvgIpc) is 2.72. The number of likely N-dealkylation sites (tertiary alicyclic amines) is 1. The zero-order valence-corrected chi connectivity index (χ0v) is 16.3. The van der Waals surface area contributed by atoms with Crippen LogP contribution in [0.2, 0.25) is 0 Å². The molecule has 5 nitrogen and oxygen atoms in total. The Morgan fingerprint density at radius 3 is 2.23 bits per heavy atom. The molecule has 0 unspecified atom stereocenters. The van der Waals surface area contributed by atoms with Gasteiger partial charge in [0, 0.05) is 19.6 Å². The van der Waals surface area contributed by atoms with E-state index < -0.39 is 23.2 Å². The Balaban J connectivity index is 1.75. The largest absolute Gasteiger partial charge is 0.465 e. The summed E-state index contributed by atoms with van der Waals surface area (Å²) in [7, 11) is 0. The van der Waals surface area contributed by atoms with Crippen molar-refractivity contribution < 1.29 is 27.9 Å². The number of nitrogens with zero attached hydrogens (tertiary/aromatic N) is 1. The van der Waals surface area contributed by atoms with Crippen molar-refractivity contribution in [3.63, 3.8) is 0 Å². The van der Waals surface area contributed by atoms with E-state index in [4.69, 9.17) is 0 Å². The maximum atomic E-state index is 13.2. The van der Waals surface area contributed by atoms with Crippen LogP contribution in [0, 0.1) is 5.41 Å². The number of carbonyl (C=O) groups is 2. The van der Waals surface area contributed by atoms with E-state index in [1.165, 1.54) is 17.0 Å². The standard InChI is InChI=1S/C22H23F3N2O3/c23-22(24,25)18-8-4-7-17(13-18)15-26-19(28)21(14-16-5-2-1-3-6-16)9-11-27(12-10-21)20(29)30/h1-8,13H,9-12,14-15H2,(H,26,28)(H,29,30). The zero-order valence-electron chi connectivity index (χ0n) is 16.3. The smallest absolute Gasteiger partial charge is 0.416 e. The summed E-state index contributed by atoms with van der Waals surface area (Å²) in [5, 5.41) is 12.0. The van der Waals surface area contributed by atoms with E-state index in [1.54, 1.807) is 0 Å². The van der Waals surface area contributed by atoms with Crippen molar-refractivity contribution >= 4 is 12.0 Å². The lowest BCUT2D eigenvalue weighted by atomic mass is 9.73. The SMILES string of the molecule is O=C(O)N1CCC(Cc2ccccc2)(C(=O)NCc2cccc(C(F)(F)F)c2)CC1. The van der Waals surface area contributed by atoms with Gasteiger partial charge in [0.05, 0.1) is 11.0 Å². The summed E-state index contributed by atoms with van der Waals surface area (Å²) in [6.45, 7) is 0.445. The first kappa shape index (κ1) is 21.7. The van der Waals surface area contributed by atoms with Crippen molar-refractivity contribution in [2.24, 2.45) is 5.41 Å². The minimum absolute atomic E-state index is 0.0259. The lowest BCUT2D eigenvalue weighted by molar-refractivity contribution is -0.137. The van der Waals surface area contributed by atoms with E-state index in [1.807, 2.05) is 30.3 Å². The quantitative estimate of drug-likeness (QED) is 0.757. The number of carboxylic acid groups (broad SMARTS) is 1. The van der Waals surface area contributed by atoms with Crippen LogP contribution in [-0.4, -0.2) is 35.1 Å². The predicted molar refractivity (Wildman–Crippen MR) is 105 cm³/mol. The zero-order chi connectivity index (χ0) is 21.8.